The van der Waals surface area contributed by atoms with Crippen LogP contribution in [-0.2, 0) is 0 Å². The average Bonchev–Trinajstić information content (AvgIpc) is 2.78. The SMILES string of the molecule is CCC(NC)c1ccc(Sc2nc(C)co2)cn1. The molecule has 96 valence electrons. The molecule has 0 aliphatic carbocycles. The van der Waals surface area contributed by atoms with E-state index in [9.17, 15) is 0 Å². The summed E-state index contributed by atoms with van der Waals surface area (Å²) < 4.78 is 5.30. The molecule has 0 saturated carbocycles. The summed E-state index contributed by atoms with van der Waals surface area (Å²) in [6, 6.07) is 4.41. The van der Waals surface area contributed by atoms with Crippen LogP contribution in [0.15, 0.2) is 39.1 Å². The summed E-state index contributed by atoms with van der Waals surface area (Å²) >= 11 is 1.48. The molecule has 1 unspecified atom stereocenters. The maximum atomic E-state index is 5.30. The fourth-order valence-electron chi connectivity index (χ4n) is 1.70. The predicted octanol–water partition coefficient (Wildman–Crippen LogP) is 3.20. The van der Waals surface area contributed by atoms with Crippen molar-refractivity contribution in [3.8, 4) is 0 Å². The molecule has 0 saturated heterocycles. The summed E-state index contributed by atoms with van der Waals surface area (Å²) in [4.78, 5) is 9.76. The quantitative estimate of drug-likeness (QED) is 0.897. The lowest BCUT2D eigenvalue weighted by atomic mass is 10.1. The number of nitrogens with one attached hydrogen (secondary N) is 1. The Labute approximate surface area is 111 Å². The highest BCUT2D eigenvalue weighted by atomic mass is 32.2. The van der Waals surface area contributed by atoms with E-state index in [1.807, 2.05) is 32.3 Å². The van der Waals surface area contributed by atoms with Crippen LogP contribution in [-0.4, -0.2) is 17.0 Å². The van der Waals surface area contributed by atoms with Crippen LogP contribution in [0.2, 0.25) is 0 Å². The molecule has 1 atom stereocenters. The van der Waals surface area contributed by atoms with E-state index in [-0.39, 0.29) is 0 Å². The lowest BCUT2D eigenvalue weighted by Crippen LogP contribution is -2.16. The van der Waals surface area contributed by atoms with Crippen LogP contribution in [0.25, 0.3) is 0 Å². The molecule has 1 N–H and O–H groups in total. The first-order chi connectivity index (χ1) is 8.72. The minimum Gasteiger partial charge on any atom is -0.439 e. The third kappa shape index (κ3) is 3.11. The molecule has 0 bridgehead atoms. The number of pyridine rings is 1. The molecular formula is C13H17N3OS. The Balaban J connectivity index is 2.07. The van der Waals surface area contributed by atoms with Gasteiger partial charge in [0.25, 0.3) is 5.22 Å². The van der Waals surface area contributed by atoms with E-state index in [0.717, 1.165) is 22.7 Å². The van der Waals surface area contributed by atoms with E-state index >= 15 is 0 Å². The second-order valence-corrected chi connectivity index (χ2v) is 5.05. The molecule has 2 rings (SSSR count). The van der Waals surface area contributed by atoms with Crippen molar-refractivity contribution in [1.29, 1.82) is 0 Å². The highest BCUT2D eigenvalue weighted by molar-refractivity contribution is 7.99. The van der Waals surface area contributed by atoms with Crippen LogP contribution < -0.4 is 5.32 Å². The Kier molecular flexibility index (Phi) is 4.38. The molecule has 0 radical (unpaired) electrons. The fraction of sp³-hybridized carbons (Fsp3) is 0.385. The minimum absolute atomic E-state index is 0.313. The lowest BCUT2D eigenvalue weighted by Gasteiger charge is -2.12. The van der Waals surface area contributed by atoms with Gasteiger partial charge < -0.3 is 9.73 Å². The average molecular weight is 263 g/mol. The van der Waals surface area contributed by atoms with Crippen LogP contribution in [0.1, 0.15) is 30.8 Å². The number of aryl methyl sites for hydroxylation is 1. The van der Waals surface area contributed by atoms with Crippen LogP contribution in [0.5, 0.6) is 0 Å². The van der Waals surface area contributed by atoms with E-state index in [1.165, 1.54) is 11.8 Å². The van der Waals surface area contributed by atoms with Crippen LogP contribution >= 0.6 is 11.8 Å². The van der Waals surface area contributed by atoms with Crippen molar-refractivity contribution in [1.82, 2.24) is 15.3 Å². The van der Waals surface area contributed by atoms with Gasteiger partial charge in [0.05, 0.1) is 11.4 Å². The van der Waals surface area contributed by atoms with Gasteiger partial charge in [-0.05, 0) is 44.3 Å². The summed E-state index contributed by atoms with van der Waals surface area (Å²) in [6.07, 6.45) is 4.53. The smallest absolute Gasteiger partial charge is 0.260 e. The molecule has 0 aliphatic rings. The Bertz CT molecular complexity index is 491. The molecule has 2 heterocycles. The summed E-state index contributed by atoms with van der Waals surface area (Å²) in [5, 5.41) is 3.90. The Morgan fingerprint density at radius 1 is 1.44 bits per heavy atom. The molecule has 0 fully saturated rings. The van der Waals surface area contributed by atoms with Crippen LogP contribution in [0.3, 0.4) is 0 Å². The van der Waals surface area contributed by atoms with Gasteiger partial charge in [-0.1, -0.05) is 6.92 Å². The molecule has 5 heteroatoms. The van der Waals surface area contributed by atoms with Crippen molar-refractivity contribution >= 4 is 11.8 Å². The molecule has 18 heavy (non-hydrogen) atoms. The van der Waals surface area contributed by atoms with Gasteiger partial charge >= 0.3 is 0 Å². The maximum Gasteiger partial charge on any atom is 0.260 e. The van der Waals surface area contributed by atoms with Crippen molar-refractivity contribution in [3.05, 3.63) is 36.0 Å². The van der Waals surface area contributed by atoms with E-state index in [1.54, 1.807) is 6.26 Å². The zero-order valence-electron chi connectivity index (χ0n) is 10.8. The topological polar surface area (TPSA) is 51.0 Å². The van der Waals surface area contributed by atoms with Gasteiger partial charge in [-0.3, -0.25) is 4.98 Å². The Morgan fingerprint density at radius 3 is 2.78 bits per heavy atom. The number of aromatic nitrogens is 2. The normalized spacial score (nSPS) is 12.6. The summed E-state index contributed by atoms with van der Waals surface area (Å²) in [5.41, 5.74) is 1.95. The van der Waals surface area contributed by atoms with E-state index in [4.69, 9.17) is 4.42 Å². The second kappa shape index (κ2) is 6.02. The molecule has 2 aromatic heterocycles. The monoisotopic (exact) mass is 263 g/mol. The number of hydrogen-bond acceptors (Lipinski definition) is 5. The number of rotatable bonds is 5. The summed E-state index contributed by atoms with van der Waals surface area (Å²) in [5.74, 6) is 0. The fourth-order valence-corrected chi connectivity index (χ4v) is 2.43. The standard InChI is InChI=1S/C13H17N3OS/c1-4-11(14-3)12-6-5-10(7-15-12)18-13-16-9(2)8-17-13/h5-8,11,14H,4H2,1-3H3. The first-order valence-electron chi connectivity index (χ1n) is 5.96. The van der Waals surface area contributed by atoms with Gasteiger partial charge in [0.1, 0.15) is 6.26 Å². The van der Waals surface area contributed by atoms with Gasteiger partial charge in [-0.2, -0.15) is 0 Å². The highest BCUT2D eigenvalue weighted by Crippen LogP contribution is 2.27. The third-order valence-corrected chi connectivity index (χ3v) is 3.52. The van der Waals surface area contributed by atoms with E-state index in [0.29, 0.717) is 11.3 Å². The van der Waals surface area contributed by atoms with Crippen molar-refractivity contribution in [3.63, 3.8) is 0 Å². The van der Waals surface area contributed by atoms with E-state index in [2.05, 4.69) is 22.2 Å². The van der Waals surface area contributed by atoms with Gasteiger partial charge in [0.15, 0.2) is 0 Å². The third-order valence-electron chi connectivity index (χ3n) is 2.68. The second-order valence-electron chi connectivity index (χ2n) is 4.03. The predicted molar refractivity (Wildman–Crippen MR) is 71.7 cm³/mol. The summed E-state index contributed by atoms with van der Waals surface area (Å²) in [6.45, 7) is 4.05. The van der Waals surface area contributed by atoms with Crippen molar-refractivity contribution < 1.29 is 4.42 Å². The molecule has 4 nitrogen and oxygen atoms in total. The Morgan fingerprint density at radius 2 is 2.28 bits per heavy atom. The van der Waals surface area contributed by atoms with E-state index < -0.39 is 0 Å². The zero-order valence-corrected chi connectivity index (χ0v) is 11.6. The molecule has 0 aromatic carbocycles. The van der Waals surface area contributed by atoms with Crippen molar-refractivity contribution in [2.45, 2.75) is 36.4 Å². The van der Waals surface area contributed by atoms with Crippen molar-refractivity contribution in [2.75, 3.05) is 7.05 Å². The van der Waals surface area contributed by atoms with Crippen LogP contribution in [0.4, 0.5) is 0 Å². The number of oxazole rings is 1. The van der Waals surface area contributed by atoms with Gasteiger partial charge in [0, 0.05) is 17.1 Å². The molecule has 2 aromatic rings. The van der Waals surface area contributed by atoms with Gasteiger partial charge in [0.2, 0.25) is 0 Å². The Hall–Kier alpha value is -1.33. The maximum absolute atomic E-state index is 5.30. The largest absolute Gasteiger partial charge is 0.439 e. The minimum atomic E-state index is 0.313. The zero-order chi connectivity index (χ0) is 13.0. The highest BCUT2D eigenvalue weighted by Gasteiger charge is 2.09. The lowest BCUT2D eigenvalue weighted by molar-refractivity contribution is 0.454. The number of hydrogen-bond donors (Lipinski definition) is 1. The van der Waals surface area contributed by atoms with Crippen LogP contribution in [0, 0.1) is 6.92 Å². The molecule has 0 spiro atoms. The molecule has 0 aliphatic heterocycles. The van der Waals surface area contributed by atoms with Crippen molar-refractivity contribution in [2.24, 2.45) is 0 Å². The molecule has 0 amide bonds. The summed E-state index contributed by atoms with van der Waals surface area (Å²) in [7, 11) is 1.95. The van der Waals surface area contributed by atoms with Gasteiger partial charge in [-0.25, -0.2) is 4.98 Å². The number of nitrogens with zero attached hydrogens (tertiary/aromatic N) is 2. The molecular weight excluding hydrogens is 246 g/mol. The first kappa shape index (κ1) is 13.1. The van der Waals surface area contributed by atoms with Gasteiger partial charge in [-0.15, -0.1) is 0 Å². The first-order valence-corrected chi connectivity index (χ1v) is 6.77.